The molecule has 4 bridgehead atoms. The van der Waals surface area contributed by atoms with Crippen LogP contribution in [0.5, 0.6) is 0 Å². The molecule has 2 N–H and O–H groups in total. The lowest BCUT2D eigenvalue weighted by molar-refractivity contribution is -0.137. The van der Waals surface area contributed by atoms with E-state index in [-0.39, 0.29) is 0 Å². The van der Waals surface area contributed by atoms with Crippen LogP contribution in [0.1, 0.15) is 65.8 Å². The molecule has 5 aromatic rings. The number of aromatic amines is 2. The van der Waals surface area contributed by atoms with Crippen LogP contribution >= 0.6 is 15.9 Å². The van der Waals surface area contributed by atoms with E-state index in [1.165, 1.54) is 70.1 Å². The first-order valence-electron chi connectivity index (χ1n) is 15.2. The van der Waals surface area contributed by atoms with Crippen LogP contribution in [0.4, 0.5) is 13.2 Å². The van der Waals surface area contributed by atoms with E-state index in [4.69, 9.17) is 0 Å². The monoisotopic (exact) mass is 646 g/mol. The summed E-state index contributed by atoms with van der Waals surface area (Å²) < 4.78 is 40.3. The maximum absolute atomic E-state index is 13.0. The molecule has 0 amide bonds. The van der Waals surface area contributed by atoms with Crippen LogP contribution in [-0.4, -0.2) is 45.9 Å². The van der Waals surface area contributed by atoms with Crippen molar-refractivity contribution in [2.24, 2.45) is 0 Å². The summed E-state index contributed by atoms with van der Waals surface area (Å²) in [6, 6.07) is 20.5. The number of nitrogens with one attached hydrogen (secondary N) is 2. The van der Waals surface area contributed by atoms with E-state index in [1.807, 2.05) is 18.2 Å². The Balaban J connectivity index is 0.000000141. The molecule has 8 heteroatoms. The number of H-pyrrole nitrogens is 2. The van der Waals surface area contributed by atoms with E-state index in [0.717, 1.165) is 41.4 Å². The summed E-state index contributed by atoms with van der Waals surface area (Å²) in [6.45, 7) is 0. The maximum atomic E-state index is 13.0. The number of rotatable bonds is 1. The first-order valence-corrected chi connectivity index (χ1v) is 16.0. The second-order valence-electron chi connectivity index (χ2n) is 12.8. The summed E-state index contributed by atoms with van der Waals surface area (Å²) in [7, 11) is 4.46. The highest BCUT2D eigenvalue weighted by Crippen LogP contribution is 2.47. The zero-order valence-electron chi connectivity index (χ0n) is 24.2. The number of aromatic nitrogens is 2. The predicted molar refractivity (Wildman–Crippen MR) is 169 cm³/mol. The highest BCUT2D eigenvalue weighted by atomic mass is 79.9. The molecule has 0 aliphatic carbocycles. The Morgan fingerprint density at radius 3 is 1.86 bits per heavy atom. The Kier molecular flexibility index (Phi) is 6.37. The van der Waals surface area contributed by atoms with Gasteiger partial charge < -0.3 is 9.97 Å². The highest BCUT2D eigenvalue weighted by Gasteiger charge is 2.40. The van der Waals surface area contributed by atoms with Crippen LogP contribution in [0.2, 0.25) is 0 Å². The van der Waals surface area contributed by atoms with Gasteiger partial charge in [-0.15, -0.1) is 0 Å². The van der Waals surface area contributed by atoms with Crippen LogP contribution in [0, 0.1) is 0 Å². The molecule has 43 heavy (non-hydrogen) atoms. The minimum atomic E-state index is -4.32. The van der Waals surface area contributed by atoms with E-state index >= 15 is 0 Å². The third-order valence-electron chi connectivity index (χ3n) is 10.6. The Hall–Kier alpha value is -3.07. The Morgan fingerprint density at radius 1 is 0.698 bits per heavy atom. The molecule has 0 spiro atoms. The quantitative estimate of drug-likeness (QED) is 0.191. The molecule has 9 rings (SSSR count). The zero-order valence-corrected chi connectivity index (χ0v) is 25.8. The first kappa shape index (κ1) is 27.5. The molecular weight excluding hydrogens is 613 g/mol. The lowest BCUT2D eigenvalue weighted by Gasteiger charge is -2.31. The third kappa shape index (κ3) is 4.47. The topological polar surface area (TPSA) is 38.1 Å². The fourth-order valence-corrected chi connectivity index (χ4v) is 8.69. The van der Waals surface area contributed by atoms with Crippen LogP contribution < -0.4 is 0 Å². The van der Waals surface area contributed by atoms with Crippen molar-refractivity contribution in [3.63, 3.8) is 0 Å². The normalized spacial score (nSPS) is 24.7. The van der Waals surface area contributed by atoms with Gasteiger partial charge in [-0.2, -0.15) is 13.2 Å². The Labute approximate surface area is 257 Å². The molecule has 4 nitrogen and oxygen atoms in total. The molecule has 2 fully saturated rings. The molecule has 4 aliphatic rings. The van der Waals surface area contributed by atoms with Gasteiger partial charge in [-0.25, -0.2) is 0 Å². The van der Waals surface area contributed by atoms with Gasteiger partial charge in [0.05, 0.1) is 5.56 Å². The van der Waals surface area contributed by atoms with Crippen LogP contribution in [-0.2, 0) is 19.0 Å². The van der Waals surface area contributed by atoms with Crippen molar-refractivity contribution in [3.8, 4) is 11.1 Å². The van der Waals surface area contributed by atoms with Gasteiger partial charge in [-0.3, -0.25) is 9.80 Å². The number of benzene rings is 3. The summed E-state index contributed by atoms with van der Waals surface area (Å²) in [5.41, 5.74) is 8.85. The number of fused-ring (bicyclic) bond motifs is 12. The van der Waals surface area contributed by atoms with Crippen molar-refractivity contribution in [3.05, 3.63) is 93.2 Å². The molecule has 3 aromatic carbocycles. The second kappa shape index (κ2) is 9.98. The van der Waals surface area contributed by atoms with E-state index < -0.39 is 11.7 Å². The molecule has 2 saturated heterocycles. The van der Waals surface area contributed by atoms with Gasteiger partial charge in [0, 0.05) is 74.7 Å². The average molecular weight is 648 g/mol. The molecule has 2 aromatic heterocycles. The van der Waals surface area contributed by atoms with Gasteiger partial charge in [0.2, 0.25) is 0 Å². The van der Waals surface area contributed by atoms with E-state index in [9.17, 15) is 13.2 Å². The summed E-state index contributed by atoms with van der Waals surface area (Å²) >= 11 is 3.58. The fourth-order valence-electron chi connectivity index (χ4n) is 8.33. The minimum absolute atomic E-state index is 0.411. The van der Waals surface area contributed by atoms with Gasteiger partial charge in [0.1, 0.15) is 0 Å². The summed E-state index contributed by atoms with van der Waals surface area (Å²) in [5, 5.41) is 2.55. The minimum Gasteiger partial charge on any atom is -0.358 e. The van der Waals surface area contributed by atoms with Crippen molar-refractivity contribution in [1.82, 2.24) is 19.8 Å². The van der Waals surface area contributed by atoms with E-state index in [0.29, 0.717) is 23.7 Å². The second-order valence-corrected chi connectivity index (χ2v) is 13.7. The Bertz CT molecular complexity index is 1870. The molecule has 0 radical (unpaired) electrons. The summed E-state index contributed by atoms with van der Waals surface area (Å²) in [6.07, 6.45) is 2.90. The number of hydrogen-bond donors (Lipinski definition) is 2. The third-order valence-corrected chi connectivity index (χ3v) is 11.0. The van der Waals surface area contributed by atoms with Crippen molar-refractivity contribution in [2.75, 3.05) is 14.1 Å². The molecule has 6 heterocycles. The van der Waals surface area contributed by atoms with Crippen LogP contribution in [0.25, 0.3) is 32.9 Å². The molecular formula is C35H34BrF3N4. The number of likely N-dealkylation sites (N-methyl/N-ethyl adjacent to an activating group) is 2. The molecule has 222 valence electrons. The average Bonchev–Trinajstić information content (AvgIpc) is 3.66. The molecule has 4 unspecified atom stereocenters. The van der Waals surface area contributed by atoms with Gasteiger partial charge >= 0.3 is 6.18 Å². The highest BCUT2D eigenvalue weighted by molar-refractivity contribution is 9.10. The Morgan fingerprint density at radius 2 is 1.26 bits per heavy atom. The van der Waals surface area contributed by atoms with Crippen molar-refractivity contribution in [1.29, 1.82) is 0 Å². The van der Waals surface area contributed by atoms with Crippen molar-refractivity contribution >= 4 is 37.7 Å². The van der Waals surface area contributed by atoms with E-state index in [1.54, 1.807) is 11.6 Å². The van der Waals surface area contributed by atoms with Crippen molar-refractivity contribution in [2.45, 2.75) is 68.9 Å². The molecule has 0 saturated carbocycles. The SMILES string of the molecule is CN1C2CCC1c1c([nH]c3ccc(-c4cccc(C(F)(F)F)c4)cc13)C2.CN1C2CCC1c1c([nH]c3ccc(Br)cc13)C2. The maximum Gasteiger partial charge on any atom is 0.416 e. The van der Waals surface area contributed by atoms with Gasteiger partial charge in [-0.05, 0) is 104 Å². The zero-order chi connectivity index (χ0) is 29.6. The number of halogens is 4. The lowest BCUT2D eigenvalue weighted by atomic mass is 9.95. The first-order chi connectivity index (χ1) is 20.7. The molecule has 4 aliphatic heterocycles. The number of hydrogen-bond acceptors (Lipinski definition) is 2. The van der Waals surface area contributed by atoms with Crippen LogP contribution in [0.15, 0.2) is 65.1 Å². The number of nitrogens with zero attached hydrogens (tertiary/aromatic N) is 2. The fraction of sp³-hybridized carbons (Fsp3) is 0.371. The van der Waals surface area contributed by atoms with Gasteiger partial charge in [0.25, 0.3) is 0 Å². The predicted octanol–water partition coefficient (Wildman–Crippen LogP) is 9.17. The summed E-state index contributed by atoms with van der Waals surface area (Å²) in [4.78, 5) is 12.2. The largest absolute Gasteiger partial charge is 0.416 e. The number of alkyl halides is 3. The van der Waals surface area contributed by atoms with Gasteiger partial charge in [-0.1, -0.05) is 34.1 Å². The smallest absolute Gasteiger partial charge is 0.358 e. The lowest BCUT2D eigenvalue weighted by Crippen LogP contribution is -2.33. The van der Waals surface area contributed by atoms with Crippen LogP contribution in [0.3, 0.4) is 0 Å². The van der Waals surface area contributed by atoms with E-state index in [2.05, 4.69) is 68.0 Å². The van der Waals surface area contributed by atoms with Gasteiger partial charge in [0.15, 0.2) is 0 Å². The summed E-state index contributed by atoms with van der Waals surface area (Å²) in [5.74, 6) is 0. The standard InChI is InChI=1S/C21H19F3N2.C14H15BrN2/c1-26-15-6-8-19(26)20-16-10-13(5-7-17(16)25-18(20)11-15)12-3-2-4-14(9-12)21(22,23)24;1-17-9-3-5-13(17)14-10-6-8(15)2-4-11(10)16-12(14)7-9/h2-5,7,9-10,15,19,25H,6,8,11H2,1H3;2,4,6,9,13,16H,3,5,7H2,1H3. The van der Waals surface area contributed by atoms with Crippen molar-refractivity contribution < 1.29 is 13.2 Å². The molecule has 4 atom stereocenters.